The Labute approximate surface area is 134 Å². The molecule has 2 rings (SSSR count). The van der Waals surface area contributed by atoms with E-state index in [-0.39, 0.29) is 5.91 Å². The normalized spacial score (nSPS) is 10.4. The van der Waals surface area contributed by atoms with Crippen LogP contribution >= 0.6 is 23.5 Å². The smallest absolute Gasteiger partial charge is 0.234 e. The minimum atomic E-state index is 0.0393. The first kappa shape index (κ1) is 16.0. The fourth-order valence-corrected chi connectivity index (χ4v) is 3.21. The van der Waals surface area contributed by atoms with Crippen LogP contribution in [0.2, 0.25) is 0 Å². The molecule has 0 aliphatic carbocycles. The number of amides is 1. The van der Waals surface area contributed by atoms with Gasteiger partial charge in [0.15, 0.2) is 0 Å². The Morgan fingerprint density at radius 2 is 1.81 bits per heavy atom. The molecule has 0 spiro atoms. The highest BCUT2D eigenvalue weighted by Gasteiger charge is 2.04. The van der Waals surface area contributed by atoms with Gasteiger partial charge in [0.1, 0.15) is 0 Å². The molecule has 0 saturated carbocycles. The molecule has 1 amide bonds. The SMILES string of the molecule is CSCC(=O)Nc1ccc(Sc2cc(C)ccc2C)cc1. The zero-order valence-electron chi connectivity index (χ0n) is 12.5. The molecule has 0 fully saturated rings. The van der Waals surface area contributed by atoms with Gasteiger partial charge in [-0.3, -0.25) is 4.79 Å². The van der Waals surface area contributed by atoms with Crippen molar-refractivity contribution in [2.75, 3.05) is 17.3 Å². The lowest BCUT2D eigenvalue weighted by molar-refractivity contribution is -0.113. The van der Waals surface area contributed by atoms with E-state index < -0.39 is 0 Å². The highest BCUT2D eigenvalue weighted by atomic mass is 32.2. The van der Waals surface area contributed by atoms with Crippen molar-refractivity contribution in [1.82, 2.24) is 0 Å². The van der Waals surface area contributed by atoms with E-state index in [1.807, 2.05) is 30.5 Å². The molecule has 1 N–H and O–H groups in total. The number of thioether (sulfide) groups is 1. The van der Waals surface area contributed by atoms with Crippen molar-refractivity contribution in [3.8, 4) is 0 Å². The standard InChI is InChI=1S/C17H19NOS2/c1-12-4-5-13(2)16(10-12)21-15-8-6-14(7-9-15)18-17(19)11-20-3/h4-10H,11H2,1-3H3,(H,18,19). The molecular formula is C17H19NOS2. The van der Waals surface area contributed by atoms with Crippen molar-refractivity contribution in [3.63, 3.8) is 0 Å². The maximum atomic E-state index is 11.5. The quantitative estimate of drug-likeness (QED) is 0.862. The molecule has 0 radical (unpaired) electrons. The van der Waals surface area contributed by atoms with E-state index in [0.29, 0.717) is 5.75 Å². The average molecular weight is 317 g/mol. The van der Waals surface area contributed by atoms with Gasteiger partial charge >= 0.3 is 0 Å². The highest BCUT2D eigenvalue weighted by Crippen LogP contribution is 2.31. The number of hydrogen-bond donors (Lipinski definition) is 1. The molecular weight excluding hydrogens is 298 g/mol. The van der Waals surface area contributed by atoms with Crippen molar-refractivity contribution in [1.29, 1.82) is 0 Å². The van der Waals surface area contributed by atoms with Gasteiger partial charge in [-0.2, -0.15) is 11.8 Å². The van der Waals surface area contributed by atoms with Crippen molar-refractivity contribution < 1.29 is 4.79 Å². The van der Waals surface area contributed by atoms with Gasteiger partial charge in [0.05, 0.1) is 5.75 Å². The third-order valence-electron chi connectivity index (χ3n) is 2.98. The number of anilines is 1. The summed E-state index contributed by atoms with van der Waals surface area (Å²) in [4.78, 5) is 14.0. The number of nitrogens with one attached hydrogen (secondary N) is 1. The third-order valence-corrected chi connectivity index (χ3v) is 4.70. The van der Waals surface area contributed by atoms with Gasteiger partial charge in [-0.25, -0.2) is 0 Å². The van der Waals surface area contributed by atoms with Crippen LogP contribution in [0.4, 0.5) is 5.69 Å². The van der Waals surface area contributed by atoms with E-state index in [9.17, 15) is 4.79 Å². The van der Waals surface area contributed by atoms with E-state index in [4.69, 9.17) is 0 Å². The molecule has 0 heterocycles. The predicted molar refractivity (Wildman–Crippen MR) is 93.5 cm³/mol. The lowest BCUT2D eigenvalue weighted by atomic mass is 10.2. The summed E-state index contributed by atoms with van der Waals surface area (Å²) in [5.41, 5.74) is 3.39. The second-order valence-corrected chi connectivity index (χ2v) is 6.86. The van der Waals surface area contributed by atoms with Crippen LogP contribution < -0.4 is 5.32 Å². The summed E-state index contributed by atoms with van der Waals surface area (Å²) >= 11 is 3.27. The number of carbonyl (C=O) groups is 1. The van der Waals surface area contributed by atoms with Gasteiger partial charge in [0, 0.05) is 15.5 Å². The first-order chi connectivity index (χ1) is 10.1. The van der Waals surface area contributed by atoms with Crippen molar-refractivity contribution in [3.05, 3.63) is 53.6 Å². The molecule has 0 aliphatic rings. The molecule has 0 bridgehead atoms. The molecule has 2 aromatic carbocycles. The van der Waals surface area contributed by atoms with E-state index in [2.05, 4.69) is 37.4 Å². The van der Waals surface area contributed by atoms with E-state index in [1.165, 1.54) is 32.7 Å². The molecule has 0 unspecified atom stereocenters. The molecule has 0 saturated heterocycles. The maximum absolute atomic E-state index is 11.5. The number of rotatable bonds is 5. The van der Waals surface area contributed by atoms with E-state index in [1.54, 1.807) is 11.8 Å². The monoisotopic (exact) mass is 317 g/mol. The molecule has 0 aliphatic heterocycles. The minimum Gasteiger partial charge on any atom is -0.325 e. The average Bonchev–Trinajstić information content (AvgIpc) is 2.45. The Morgan fingerprint density at radius 3 is 2.48 bits per heavy atom. The molecule has 2 aromatic rings. The summed E-state index contributed by atoms with van der Waals surface area (Å²) in [6.45, 7) is 4.23. The first-order valence-corrected chi connectivity index (χ1v) is 8.93. The van der Waals surface area contributed by atoms with Crippen LogP contribution in [-0.4, -0.2) is 17.9 Å². The van der Waals surface area contributed by atoms with Gasteiger partial charge in [0.2, 0.25) is 5.91 Å². The molecule has 110 valence electrons. The predicted octanol–water partition coefficient (Wildman–Crippen LogP) is 4.76. The molecule has 4 heteroatoms. The zero-order valence-corrected chi connectivity index (χ0v) is 14.1. The molecule has 21 heavy (non-hydrogen) atoms. The van der Waals surface area contributed by atoms with Crippen LogP contribution in [0.3, 0.4) is 0 Å². The second-order valence-electron chi connectivity index (χ2n) is 4.88. The fraction of sp³-hybridized carbons (Fsp3) is 0.235. The summed E-state index contributed by atoms with van der Waals surface area (Å²) in [7, 11) is 0. The Bertz CT molecular complexity index is 623. The second kappa shape index (κ2) is 7.57. The van der Waals surface area contributed by atoms with Gasteiger partial charge in [0.25, 0.3) is 0 Å². The van der Waals surface area contributed by atoms with Crippen LogP contribution in [0.5, 0.6) is 0 Å². The van der Waals surface area contributed by atoms with Crippen LogP contribution in [0.15, 0.2) is 52.3 Å². The Kier molecular flexibility index (Phi) is 5.76. The highest BCUT2D eigenvalue weighted by molar-refractivity contribution is 7.99. The number of aryl methyl sites for hydroxylation is 2. The summed E-state index contributed by atoms with van der Waals surface area (Å²) in [6, 6.07) is 14.5. The maximum Gasteiger partial charge on any atom is 0.234 e. The van der Waals surface area contributed by atoms with Crippen LogP contribution in [0.1, 0.15) is 11.1 Å². The van der Waals surface area contributed by atoms with Gasteiger partial charge < -0.3 is 5.32 Å². The topological polar surface area (TPSA) is 29.1 Å². The molecule has 0 aromatic heterocycles. The van der Waals surface area contributed by atoms with Crippen LogP contribution in [0, 0.1) is 13.8 Å². The van der Waals surface area contributed by atoms with Gasteiger partial charge in [-0.05, 0) is 61.6 Å². The van der Waals surface area contributed by atoms with Crippen molar-refractivity contribution >= 4 is 35.1 Å². The number of carbonyl (C=O) groups excluding carboxylic acids is 1. The van der Waals surface area contributed by atoms with Gasteiger partial charge in [-0.15, -0.1) is 0 Å². The van der Waals surface area contributed by atoms with Crippen molar-refractivity contribution in [2.24, 2.45) is 0 Å². The summed E-state index contributed by atoms with van der Waals surface area (Å²) in [5.74, 6) is 0.524. The largest absolute Gasteiger partial charge is 0.325 e. The Hall–Kier alpha value is -1.39. The Balaban J connectivity index is 2.05. The zero-order chi connectivity index (χ0) is 15.2. The van der Waals surface area contributed by atoms with Crippen molar-refractivity contribution in [2.45, 2.75) is 23.6 Å². The summed E-state index contributed by atoms with van der Waals surface area (Å²) < 4.78 is 0. The lowest BCUT2D eigenvalue weighted by Gasteiger charge is -2.08. The van der Waals surface area contributed by atoms with Crippen LogP contribution in [0.25, 0.3) is 0 Å². The summed E-state index contributed by atoms with van der Waals surface area (Å²) in [6.07, 6.45) is 1.92. The lowest BCUT2D eigenvalue weighted by Crippen LogP contribution is -2.13. The third kappa shape index (κ3) is 4.83. The first-order valence-electron chi connectivity index (χ1n) is 6.72. The van der Waals surface area contributed by atoms with E-state index >= 15 is 0 Å². The van der Waals surface area contributed by atoms with E-state index in [0.717, 1.165) is 5.69 Å². The Morgan fingerprint density at radius 1 is 1.10 bits per heavy atom. The fourth-order valence-electron chi connectivity index (χ4n) is 1.88. The number of benzene rings is 2. The van der Waals surface area contributed by atoms with Gasteiger partial charge in [-0.1, -0.05) is 23.9 Å². The molecule has 0 atom stereocenters. The number of hydrogen-bond acceptors (Lipinski definition) is 3. The summed E-state index contributed by atoms with van der Waals surface area (Å²) in [5, 5.41) is 2.89. The molecule has 2 nitrogen and oxygen atoms in total. The minimum absolute atomic E-state index is 0.0393. The van der Waals surface area contributed by atoms with Crippen LogP contribution in [-0.2, 0) is 4.79 Å².